The Morgan fingerprint density at radius 2 is 1.78 bits per heavy atom. The molecule has 0 unspecified atom stereocenters. The molecule has 0 spiro atoms. The summed E-state index contributed by atoms with van der Waals surface area (Å²) in [6.45, 7) is 5.90. The first-order chi connectivity index (χ1) is 15.4. The second-order valence-electron chi connectivity index (χ2n) is 7.84. The largest absolute Gasteiger partial charge is 0.343 e. The maximum absolute atomic E-state index is 14.2. The molecule has 0 aliphatic carbocycles. The molecule has 0 atom stereocenters. The van der Waals surface area contributed by atoms with E-state index in [2.05, 4.69) is 17.3 Å². The maximum Gasteiger partial charge on any atom is 0.276 e. The summed E-state index contributed by atoms with van der Waals surface area (Å²) in [6, 6.07) is 14.2. The highest BCUT2D eigenvalue weighted by atomic mass is 19.1. The lowest BCUT2D eigenvalue weighted by Gasteiger charge is -2.10. The van der Waals surface area contributed by atoms with Crippen LogP contribution >= 0.6 is 0 Å². The van der Waals surface area contributed by atoms with Crippen molar-refractivity contribution >= 4 is 22.4 Å². The number of rotatable bonds is 6. The summed E-state index contributed by atoms with van der Waals surface area (Å²) in [6.07, 6.45) is 2.52. The molecule has 1 amide bonds. The van der Waals surface area contributed by atoms with Crippen molar-refractivity contribution in [3.8, 4) is 0 Å². The number of carbonyl (C=O) groups excluding carboxylic acids is 1. The molecule has 2 heterocycles. The van der Waals surface area contributed by atoms with E-state index in [4.69, 9.17) is 0 Å². The third kappa shape index (κ3) is 4.06. The summed E-state index contributed by atoms with van der Waals surface area (Å²) in [5, 5.41) is 8.21. The predicted molar refractivity (Wildman–Crippen MR) is 123 cm³/mol. The molecule has 164 valence electrons. The van der Waals surface area contributed by atoms with Gasteiger partial charge in [-0.05, 0) is 44.0 Å². The van der Waals surface area contributed by atoms with Gasteiger partial charge in [-0.25, -0.2) is 9.07 Å². The smallest absolute Gasteiger partial charge is 0.276 e. The second-order valence-corrected chi connectivity index (χ2v) is 7.84. The lowest BCUT2D eigenvalue weighted by atomic mass is 10.1. The minimum Gasteiger partial charge on any atom is -0.343 e. The van der Waals surface area contributed by atoms with E-state index in [0.29, 0.717) is 28.6 Å². The van der Waals surface area contributed by atoms with Crippen LogP contribution in [-0.4, -0.2) is 20.3 Å². The molecule has 1 N–H and O–H groups in total. The zero-order chi connectivity index (χ0) is 22.8. The minimum absolute atomic E-state index is 0.193. The molecule has 4 rings (SSSR count). The molecule has 2 aromatic carbocycles. The van der Waals surface area contributed by atoms with Crippen LogP contribution in [0.4, 0.5) is 10.1 Å². The van der Waals surface area contributed by atoms with Crippen LogP contribution in [0.1, 0.15) is 29.4 Å². The number of nitrogens with one attached hydrogen (secondary N) is 1. The summed E-state index contributed by atoms with van der Waals surface area (Å²) in [5.41, 5.74) is 3.60. The highest BCUT2D eigenvalue weighted by Gasteiger charge is 2.18. The number of benzene rings is 2. The van der Waals surface area contributed by atoms with Crippen molar-refractivity contribution < 1.29 is 9.18 Å². The van der Waals surface area contributed by atoms with Crippen molar-refractivity contribution in [3.63, 3.8) is 0 Å². The molecule has 0 radical (unpaired) electrons. The predicted octanol–water partition coefficient (Wildman–Crippen LogP) is 4.20. The third-order valence-electron chi connectivity index (χ3n) is 5.83. The minimum atomic E-state index is -0.341. The Morgan fingerprint density at radius 1 is 1.06 bits per heavy atom. The van der Waals surface area contributed by atoms with Crippen LogP contribution in [0.25, 0.3) is 10.8 Å². The highest BCUT2D eigenvalue weighted by Crippen LogP contribution is 2.23. The number of aromatic nitrogens is 3. The van der Waals surface area contributed by atoms with Crippen molar-refractivity contribution in [2.24, 2.45) is 0 Å². The van der Waals surface area contributed by atoms with Crippen molar-refractivity contribution in [2.75, 3.05) is 5.32 Å². The highest BCUT2D eigenvalue weighted by molar-refractivity contribution is 5.91. The van der Waals surface area contributed by atoms with Crippen LogP contribution in [0, 0.1) is 19.7 Å². The van der Waals surface area contributed by atoms with Gasteiger partial charge in [0.15, 0.2) is 0 Å². The Hall–Kier alpha value is -3.74. The quantitative estimate of drug-likeness (QED) is 0.496. The Balaban J connectivity index is 1.62. The SMILES string of the molecule is CCc1ccc(NC(=O)Cn2ncc3c(C)n(Cc4ccccc4F)c(C)c3c2=O)cc1. The van der Waals surface area contributed by atoms with E-state index in [1.54, 1.807) is 24.4 Å². The average molecular weight is 432 g/mol. The van der Waals surface area contributed by atoms with E-state index in [1.165, 1.54) is 11.6 Å². The Morgan fingerprint density at radius 3 is 2.47 bits per heavy atom. The molecule has 0 fully saturated rings. The molecular formula is C25H25FN4O2. The van der Waals surface area contributed by atoms with E-state index in [9.17, 15) is 14.0 Å². The Labute approximate surface area is 185 Å². The standard InChI is InChI=1S/C25H25FN4O2/c1-4-18-9-11-20(12-10-18)28-23(31)15-30-25(32)24-17(3)29(16(2)21(24)13-27-30)14-19-7-5-6-8-22(19)26/h5-13H,4,14-15H2,1-3H3,(H,28,31). The van der Waals surface area contributed by atoms with Gasteiger partial charge in [-0.3, -0.25) is 9.59 Å². The van der Waals surface area contributed by atoms with E-state index in [1.807, 2.05) is 42.7 Å². The summed E-state index contributed by atoms with van der Waals surface area (Å²) >= 11 is 0. The van der Waals surface area contributed by atoms with E-state index in [-0.39, 0.29) is 23.8 Å². The van der Waals surface area contributed by atoms with Gasteiger partial charge >= 0.3 is 0 Å². The number of amides is 1. The molecule has 0 bridgehead atoms. The number of halogens is 1. The fraction of sp³-hybridized carbons (Fsp3) is 0.240. The first-order valence-electron chi connectivity index (χ1n) is 10.6. The molecular weight excluding hydrogens is 407 g/mol. The lowest BCUT2D eigenvalue weighted by molar-refractivity contribution is -0.117. The fourth-order valence-corrected chi connectivity index (χ4v) is 3.95. The monoisotopic (exact) mass is 432 g/mol. The van der Waals surface area contributed by atoms with Gasteiger partial charge < -0.3 is 9.88 Å². The zero-order valence-corrected chi connectivity index (χ0v) is 18.4. The van der Waals surface area contributed by atoms with Crippen molar-refractivity contribution in [3.05, 3.63) is 93.4 Å². The number of hydrogen-bond acceptors (Lipinski definition) is 3. The summed E-state index contributed by atoms with van der Waals surface area (Å²) in [5.74, 6) is -0.619. The number of hydrogen-bond donors (Lipinski definition) is 1. The third-order valence-corrected chi connectivity index (χ3v) is 5.83. The second kappa shape index (κ2) is 8.78. The average Bonchev–Trinajstić information content (AvgIpc) is 3.02. The Kier molecular flexibility index (Phi) is 5.90. The van der Waals surface area contributed by atoms with E-state index < -0.39 is 0 Å². The lowest BCUT2D eigenvalue weighted by Crippen LogP contribution is -2.29. The van der Waals surface area contributed by atoms with Crippen molar-refractivity contribution in [1.82, 2.24) is 14.3 Å². The summed E-state index contributed by atoms with van der Waals surface area (Å²) in [7, 11) is 0. The topological polar surface area (TPSA) is 68.9 Å². The number of aryl methyl sites for hydroxylation is 3. The van der Waals surface area contributed by atoms with Crippen LogP contribution in [0.3, 0.4) is 0 Å². The first kappa shape index (κ1) is 21.5. The van der Waals surface area contributed by atoms with E-state index in [0.717, 1.165) is 22.5 Å². The van der Waals surface area contributed by atoms with Gasteiger partial charge in [-0.15, -0.1) is 0 Å². The van der Waals surface area contributed by atoms with Gasteiger partial charge in [-0.1, -0.05) is 37.3 Å². The first-order valence-corrected chi connectivity index (χ1v) is 10.6. The number of carbonyl (C=O) groups is 1. The van der Waals surface area contributed by atoms with Gasteiger partial charge in [0.2, 0.25) is 5.91 Å². The van der Waals surface area contributed by atoms with Gasteiger partial charge in [0, 0.05) is 28.0 Å². The van der Waals surface area contributed by atoms with Gasteiger partial charge in [0.25, 0.3) is 5.56 Å². The van der Waals surface area contributed by atoms with Crippen LogP contribution in [0.15, 0.2) is 59.5 Å². The van der Waals surface area contributed by atoms with Crippen LogP contribution < -0.4 is 10.9 Å². The molecule has 0 saturated heterocycles. The fourth-order valence-electron chi connectivity index (χ4n) is 3.95. The summed E-state index contributed by atoms with van der Waals surface area (Å²) in [4.78, 5) is 25.6. The summed E-state index contributed by atoms with van der Waals surface area (Å²) < 4.78 is 17.2. The van der Waals surface area contributed by atoms with Gasteiger partial charge in [-0.2, -0.15) is 5.10 Å². The van der Waals surface area contributed by atoms with E-state index >= 15 is 0 Å². The molecule has 0 saturated carbocycles. The van der Waals surface area contributed by atoms with Crippen molar-refractivity contribution in [1.29, 1.82) is 0 Å². The molecule has 7 heteroatoms. The van der Waals surface area contributed by atoms with Crippen LogP contribution in [0.5, 0.6) is 0 Å². The number of anilines is 1. The Bertz CT molecular complexity index is 1350. The number of nitrogens with zero attached hydrogens (tertiary/aromatic N) is 3. The normalized spacial score (nSPS) is 11.1. The zero-order valence-electron chi connectivity index (χ0n) is 18.4. The molecule has 2 aromatic heterocycles. The molecule has 0 aliphatic heterocycles. The molecule has 4 aromatic rings. The van der Waals surface area contributed by atoms with Gasteiger partial charge in [0.1, 0.15) is 12.4 Å². The van der Waals surface area contributed by atoms with Gasteiger partial charge in [0.05, 0.1) is 18.1 Å². The molecule has 6 nitrogen and oxygen atoms in total. The van der Waals surface area contributed by atoms with Crippen LogP contribution in [-0.2, 0) is 24.3 Å². The number of fused-ring (bicyclic) bond motifs is 1. The van der Waals surface area contributed by atoms with Crippen molar-refractivity contribution in [2.45, 2.75) is 40.3 Å². The molecule has 32 heavy (non-hydrogen) atoms. The van der Waals surface area contributed by atoms with Crippen LogP contribution in [0.2, 0.25) is 0 Å². The maximum atomic E-state index is 14.2. The molecule has 0 aliphatic rings.